The van der Waals surface area contributed by atoms with Gasteiger partial charge in [0.25, 0.3) is 0 Å². The Morgan fingerprint density at radius 1 is 1.55 bits per heavy atom. The molecule has 1 N–H and O–H groups in total. The van der Waals surface area contributed by atoms with Crippen molar-refractivity contribution in [3.05, 3.63) is 30.2 Å². The topological polar surface area (TPSA) is 24.9 Å². The number of fused-ring (bicyclic) bond motifs is 1. The van der Waals surface area contributed by atoms with Crippen LogP contribution in [0, 0.1) is 0 Å². The minimum absolute atomic E-state index is 0.281. The van der Waals surface area contributed by atoms with Gasteiger partial charge in [-0.2, -0.15) is 0 Å². The first-order valence-electron chi connectivity index (χ1n) is 3.17. The fraction of sp³-hybridized carbons (Fsp3) is 0. The standard InChI is InChI=1S/C7H6N2S2/c10-11-7-2-1-4-8-6(7)3-5-9-11/h1-5,9H. The maximum absolute atomic E-state index is 5.17. The molecule has 2 rings (SSSR count). The summed E-state index contributed by atoms with van der Waals surface area (Å²) < 4.78 is 3.06. The van der Waals surface area contributed by atoms with Crippen molar-refractivity contribution in [2.75, 3.05) is 0 Å². The van der Waals surface area contributed by atoms with E-state index >= 15 is 0 Å². The Kier molecular flexibility index (Phi) is 1.71. The molecule has 56 valence electrons. The first kappa shape index (κ1) is 6.94. The van der Waals surface area contributed by atoms with Gasteiger partial charge in [-0.3, -0.25) is 4.98 Å². The Balaban J connectivity index is 2.63. The molecule has 0 amide bonds. The Bertz CT molecular complexity index is 333. The number of rotatable bonds is 0. The van der Waals surface area contributed by atoms with Crippen LogP contribution < -0.4 is 4.72 Å². The molecule has 0 aromatic carbocycles. The minimum Gasteiger partial charge on any atom is -0.330 e. The van der Waals surface area contributed by atoms with E-state index in [1.165, 1.54) is 0 Å². The molecule has 0 saturated heterocycles. The lowest BCUT2D eigenvalue weighted by molar-refractivity contribution is 1.17. The predicted molar refractivity (Wildman–Crippen MR) is 49.4 cm³/mol. The minimum atomic E-state index is -0.281. The van der Waals surface area contributed by atoms with Gasteiger partial charge in [0.15, 0.2) is 0 Å². The van der Waals surface area contributed by atoms with Gasteiger partial charge in [0.05, 0.1) is 10.6 Å². The maximum Gasteiger partial charge on any atom is 0.0800 e. The molecular weight excluding hydrogens is 176 g/mol. The molecule has 1 aromatic heterocycles. The third-order valence-corrected chi connectivity index (χ3v) is 3.34. The Morgan fingerprint density at radius 3 is 3.27 bits per heavy atom. The van der Waals surface area contributed by atoms with Gasteiger partial charge in [-0.05, 0) is 29.4 Å². The van der Waals surface area contributed by atoms with Crippen LogP contribution in [-0.4, -0.2) is 4.98 Å². The Hall–Kier alpha value is -0.740. The first-order valence-corrected chi connectivity index (χ1v) is 5.32. The molecule has 1 aliphatic rings. The van der Waals surface area contributed by atoms with Gasteiger partial charge >= 0.3 is 0 Å². The second kappa shape index (κ2) is 2.71. The largest absolute Gasteiger partial charge is 0.330 e. The van der Waals surface area contributed by atoms with Crippen LogP contribution in [0.4, 0.5) is 0 Å². The van der Waals surface area contributed by atoms with E-state index in [0.717, 1.165) is 10.6 Å². The molecule has 0 aliphatic carbocycles. The number of aromatic nitrogens is 1. The average molecular weight is 182 g/mol. The molecular formula is C7H6N2S2. The van der Waals surface area contributed by atoms with Crippen LogP contribution in [0.25, 0.3) is 6.08 Å². The van der Waals surface area contributed by atoms with Gasteiger partial charge in [-0.1, -0.05) is 0 Å². The van der Waals surface area contributed by atoms with Crippen LogP contribution >= 0.6 is 0 Å². The lowest BCUT2D eigenvalue weighted by atomic mass is 10.3. The van der Waals surface area contributed by atoms with Crippen LogP contribution in [0.1, 0.15) is 5.69 Å². The van der Waals surface area contributed by atoms with E-state index in [1.54, 1.807) is 6.20 Å². The summed E-state index contributed by atoms with van der Waals surface area (Å²) in [5, 5.41) is 0. The summed E-state index contributed by atoms with van der Waals surface area (Å²) in [6.07, 6.45) is 5.57. The highest BCUT2D eigenvalue weighted by atomic mass is 32.8. The summed E-state index contributed by atoms with van der Waals surface area (Å²) in [5.41, 5.74) is 0.990. The van der Waals surface area contributed by atoms with E-state index in [2.05, 4.69) is 9.71 Å². The van der Waals surface area contributed by atoms with Crippen molar-refractivity contribution in [1.82, 2.24) is 9.71 Å². The number of nitrogens with one attached hydrogen (secondary N) is 1. The molecule has 1 aromatic rings. The highest BCUT2D eigenvalue weighted by molar-refractivity contribution is 8.27. The SMILES string of the molecule is S=S1NC=Cc2ncccc21. The molecule has 1 aliphatic heterocycles. The number of hydrogen-bond acceptors (Lipinski definition) is 2. The molecule has 0 saturated carbocycles. The summed E-state index contributed by atoms with van der Waals surface area (Å²) in [4.78, 5) is 5.30. The second-order valence-electron chi connectivity index (χ2n) is 2.11. The highest BCUT2D eigenvalue weighted by Gasteiger charge is 2.06. The third kappa shape index (κ3) is 1.19. The molecule has 0 spiro atoms. The van der Waals surface area contributed by atoms with Gasteiger partial charge in [0.2, 0.25) is 0 Å². The van der Waals surface area contributed by atoms with E-state index in [9.17, 15) is 0 Å². The zero-order valence-electron chi connectivity index (χ0n) is 5.65. The van der Waals surface area contributed by atoms with E-state index < -0.39 is 0 Å². The van der Waals surface area contributed by atoms with Crippen molar-refractivity contribution in [3.63, 3.8) is 0 Å². The summed E-state index contributed by atoms with van der Waals surface area (Å²) in [5.74, 6) is 0. The monoisotopic (exact) mass is 182 g/mol. The molecule has 1 unspecified atom stereocenters. The Labute approximate surface area is 72.1 Å². The number of nitrogens with zero attached hydrogens (tertiary/aromatic N) is 1. The van der Waals surface area contributed by atoms with Crippen LogP contribution in [0.2, 0.25) is 0 Å². The molecule has 0 fully saturated rings. The molecule has 11 heavy (non-hydrogen) atoms. The van der Waals surface area contributed by atoms with E-state index in [4.69, 9.17) is 11.2 Å². The van der Waals surface area contributed by atoms with Crippen LogP contribution in [0.15, 0.2) is 29.4 Å². The normalized spacial score (nSPS) is 20.5. The summed E-state index contributed by atoms with van der Waals surface area (Å²) in [6, 6.07) is 3.92. The van der Waals surface area contributed by atoms with Crippen molar-refractivity contribution in [1.29, 1.82) is 0 Å². The van der Waals surface area contributed by atoms with Gasteiger partial charge in [0.1, 0.15) is 0 Å². The van der Waals surface area contributed by atoms with Gasteiger partial charge in [0, 0.05) is 22.0 Å². The zero-order chi connectivity index (χ0) is 7.68. The lowest BCUT2D eigenvalue weighted by Gasteiger charge is -2.11. The summed E-state index contributed by atoms with van der Waals surface area (Å²) in [7, 11) is -0.281. The molecule has 1 atom stereocenters. The van der Waals surface area contributed by atoms with Gasteiger partial charge < -0.3 is 4.72 Å². The highest BCUT2D eigenvalue weighted by Crippen LogP contribution is 2.14. The van der Waals surface area contributed by atoms with Crippen molar-refractivity contribution >= 4 is 26.9 Å². The third-order valence-electron chi connectivity index (χ3n) is 1.42. The van der Waals surface area contributed by atoms with Gasteiger partial charge in [-0.25, -0.2) is 0 Å². The zero-order valence-corrected chi connectivity index (χ0v) is 7.28. The number of hydrogen-bond donors (Lipinski definition) is 1. The summed E-state index contributed by atoms with van der Waals surface area (Å²) in [6.45, 7) is 0. The lowest BCUT2D eigenvalue weighted by Crippen LogP contribution is -2.13. The van der Waals surface area contributed by atoms with Gasteiger partial charge in [-0.15, -0.1) is 0 Å². The average Bonchev–Trinajstić information content (AvgIpc) is 2.06. The van der Waals surface area contributed by atoms with Crippen molar-refractivity contribution in [2.24, 2.45) is 0 Å². The molecule has 4 heteroatoms. The smallest absolute Gasteiger partial charge is 0.0800 e. The van der Waals surface area contributed by atoms with Crippen molar-refractivity contribution < 1.29 is 0 Å². The maximum atomic E-state index is 5.17. The first-order chi connectivity index (χ1) is 5.38. The summed E-state index contributed by atoms with van der Waals surface area (Å²) >= 11 is 5.17. The predicted octanol–water partition coefficient (Wildman–Crippen LogP) is 1.01. The number of pyridine rings is 1. The Morgan fingerprint density at radius 2 is 2.45 bits per heavy atom. The van der Waals surface area contributed by atoms with Crippen LogP contribution in [0.3, 0.4) is 0 Å². The quantitative estimate of drug-likeness (QED) is 0.648. The van der Waals surface area contributed by atoms with E-state index in [-0.39, 0.29) is 9.64 Å². The van der Waals surface area contributed by atoms with Crippen molar-refractivity contribution in [2.45, 2.75) is 4.90 Å². The van der Waals surface area contributed by atoms with E-state index in [0.29, 0.717) is 0 Å². The molecule has 0 radical (unpaired) electrons. The van der Waals surface area contributed by atoms with Crippen molar-refractivity contribution in [3.8, 4) is 0 Å². The van der Waals surface area contributed by atoms with Crippen LogP contribution in [-0.2, 0) is 20.8 Å². The molecule has 2 nitrogen and oxygen atoms in total. The molecule has 2 heterocycles. The van der Waals surface area contributed by atoms with Crippen LogP contribution in [0.5, 0.6) is 0 Å². The second-order valence-corrected chi connectivity index (χ2v) is 4.32. The fourth-order valence-electron chi connectivity index (χ4n) is 0.923. The van der Waals surface area contributed by atoms with E-state index in [1.807, 2.05) is 24.4 Å². The molecule has 0 bridgehead atoms. The fourth-order valence-corrected chi connectivity index (χ4v) is 2.34.